The summed E-state index contributed by atoms with van der Waals surface area (Å²) in [6.45, 7) is 2.60. The Bertz CT molecular complexity index is 381. The molecule has 0 saturated carbocycles. The molecule has 0 fully saturated rings. The second-order valence-electron chi connectivity index (χ2n) is 4.40. The first-order valence-corrected chi connectivity index (χ1v) is 7.31. The quantitative estimate of drug-likeness (QED) is 0.533. The van der Waals surface area contributed by atoms with Crippen molar-refractivity contribution < 1.29 is 14.3 Å². The van der Waals surface area contributed by atoms with Crippen molar-refractivity contribution in [1.82, 2.24) is 5.32 Å². The van der Waals surface area contributed by atoms with Crippen LogP contribution in [-0.4, -0.2) is 39.4 Å². The number of alkyl halides is 1. The average Bonchev–Trinajstić information content (AvgIpc) is 2.50. The number of methoxy groups -OCH3 is 1. The number of ether oxygens (including phenoxy) is 2. The van der Waals surface area contributed by atoms with Crippen molar-refractivity contribution in [2.45, 2.75) is 18.7 Å². The van der Waals surface area contributed by atoms with Gasteiger partial charge in [0.2, 0.25) is 0 Å². The summed E-state index contributed by atoms with van der Waals surface area (Å²) in [6.07, 6.45) is 1.83. The fourth-order valence-electron chi connectivity index (χ4n) is 1.62. The molecule has 0 radical (unpaired) electrons. The van der Waals surface area contributed by atoms with Crippen molar-refractivity contribution in [3.8, 4) is 0 Å². The molecule has 0 aliphatic rings. The van der Waals surface area contributed by atoms with E-state index in [0.717, 1.165) is 18.4 Å². The molecule has 0 atom stereocenters. The molecule has 112 valence electrons. The van der Waals surface area contributed by atoms with E-state index in [2.05, 4.69) is 5.32 Å². The smallest absolute Gasteiger partial charge is 0.251 e. The Balaban J connectivity index is 2.10. The van der Waals surface area contributed by atoms with Gasteiger partial charge in [-0.25, -0.2) is 0 Å². The molecule has 4 nitrogen and oxygen atoms in total. The number of amides is 1. The topological polar surface area (TPSA) is 47.6 Å². The van der Waals surface area contributed by atoms with Crippen molar-refractivity contribution >= 4 is 17.5 Å². The normalized spacial score (nSPS) is 10.5. The van der Waals surface area contributed by atoms with E-state index in [-0.39, 0.29) is 5.91 Å². The van der Waals surface area contributed by atoms with Crippen LogP contribution in [0.1, 0.15) is 28.8 Å². The van der Waals surface area contributed by atoms with E-state index in [1.807, 2.05) is 12.1 Å². The van der Waals surface area contributed by atoms with E-state index < -0.39 is 0 Å². The Labute approximate surface area is 125 Å². The molecule has 0 saturated heterocycles. The average molecular weight is 300 g/mol. The number of benzene rings is 1. The van der Waals surface area contributed by atoms with Crippen molar-refractivity contribution in [3.05, 3.63) is 35.4 Å². The number of nitrogens with one attached hydrogen (secondary N) is 1. The van der Waals surface area contributed by atoms with Gasteiger partial charge in [0.25, 0.3) is 5.91 Å². The Kier molecular flexibility index (Phi) is 9.04. The molecule has 1 aromatic rings. The van der Waals surface area contributed by atoms with Gasteiger partial charge in [-0.3, -0.25) is 4.79 Å². The van der Waals surface area contributed by atoms with Crippen LogP contribution in [0.4, 0.5) is 0 Å². The van der Waals surface area contributed by atoms with Gasteiger partial charge in [0, 0.05) is 31.7 Å². The lowest BCUT2D eigenvalue weighted by Crippen LogP contribution is -2.24. The molecule has 0 aromatic heterocycles. The third-order valence-corrected chi connectivity index (χ3v) is 3.11. The van der Waals surface area contributed by atoms with Gasteiger partial charge in [0.05, 0.1) is 13.2 Å². The number of hydrogen-bond donors (Lipinski definition) is 1. The summed E-state index contributed by atoms with van der Waals surface area (Å²) < 4.78 is 10.2. The highest BCUT2D eigenvalue weighted by Crippen LogP contribution is 2.06. The highest BCUT2D eigenvalue weighted by molar-refractivity contribution is 6.17. The third kappa shape index (κ3) is 6.89. The summed E-state index contributed by atoms with van der Waals surface area (Å²) in [6, 6.07) is 7.32. The molecule has 0 unspecified atom stereocenters. The molecule has 0 bridgehead atoms. The first kappa shape index (κ1) is 17.0. The van der Waals surface area contributed by atoms with Gasteiger partial charge >= 0.3 is 0 Å². The van der Waals surface area contributed by atoms with Gasteiger partial charge in [-0.1, -0.05) is 12.1 Å². The minimum absolute atomic E-state index is 0.0496. The fourth-order valence-corrected chi connectivity index (χ4v) is 1.80. The van der Waals surface area contributed by atoms with Gasteiger partial charge in [-0.2, -0.15) is 0 Å². The second kappa shape index (κ2) is 10.7. The van der Waals surface area contributed by atoms with Gasteiger partial charge in [-0.15, -0.1) is 11.6 Å². The number of unbranched alkanes of at least 4 members (excludes halogenated alkanes) is 1. The number of hydrogen-bond acceptors (Lipinski definition) is 3. The van der Waals surface area contributed by atoms with Gasteiger partial charge in [0.15, 0.2) is 0 Å². The Morgan fingerprint density at radius 2 is 1.90 bits per heavy atom. The maximum absolute atomic E-state index is 11.8. The molecule has 5 heteroatoms. The summed E-state index contributed by atoms with van der Waals surface area (Å²) >= 11 is 5.70. The summed E-state index contributed by atoms with van der Waals surface area (Å²) in [5, 5.41) is 2.89. The summed E-state index contributed by atoms with van der Waals surface area (Å²) in [5.74, 6) is 0.414. The SMILES string of the molecule is COCCOCCCCNC(=O)c1ccc(CCl)cc1. The molecule has 0 heterocycles. The molecule has 0 aliphatic carbocycles. The number of carbonyl (C=O) groups excluding carboxylic acids is 1. The molecule has 1 rings (SSSR count). The molecular formula is C15H22ClNO3. The fraction of sp³-hybridized carbons (Fsp3) is 0.533. The molecular weight excluding hydrogens is 278 g/mol. The largest absolute Gasteiger partial charge is 0.382 e. The Hall–Kier alpha value is -1.10. The molecule has 20 heavy (non-hydrogen) atoms. The second-order valence-corrected chi connectivity index (χ2v) is 4.67. The lowest BCUT2D eigenvalue weighted by atomic mass is 10.1. The Morgan fingerprint density at radius 1 is 1.15 bits per heavy atom. The summed E-state index contributed by atoms with van der Waals surface area (Å²) in [4.78, 5) is 11.8. The van der Waals surface area contributed by atoms with Crippen LogP contribution in [0.2, 0.25) is 0 Å². The van der Waals surface area contributed by atoms with Crippen LogP contribution < -0.4 is 5.32 Å². The predicted octanol–water partition coefficient (Wildman–Crippen LogP) is 2.60. The molecule has 0 spiro atoms. The van der Waals surface area contributed by atoms with Crippen LogP contribution in [0.15, 0.2) is 24.3 Å². The van der Waals surface area contributed by atoms with Crippen molar-refractivity contribution in [2.75, 3.05) is 33.5 Å². The standard InChI is InChI=1S/C15H22ClNO3/c1-19-10-11-20-9-3-2-8-17-15(18)14-6-4-13(12-16)5-7-14/h4-7H,2-3,8-12H2,1H3,(H,17,18). The van der Waals surface area contributed by atoms with Crippen LogP contribution in [0.3, 0.4) is 0 Å². The minimum atomic E-state index is -0.0496. The van der Waals surface area contributed by atoms with Crippen LogP contribution in [0, 0.1) is 0 Å². The van der Waals surface area contributed by atoms with Crippen LogP contribution >= 0.6 is 11.6 Å². The van der Waals surface area contributed by atoms with Gasteiger partial charge in [-0.05, 0) is 30.5 Å². The van der Waals surface area contributed by atoms with E-state index in [0.29, 0.717) is 37.8 Å². The van der Waals surface area contributed by atoms with E-state index in [4.69, 9.17) is 21.1 Å². The summed E-state index contributed by atoms with van der Waals surface area (Å²) in [5.41, 5.74) is 1.67. The van der Waals surface area contributed by atoms with Crippen LogP contribution in [0.25, 0.3) is 0 Å². The third-order valence-electron chi connectivity index (χ3n) is 2.80. The molecule has 0 aliphatic heterocycles. The number of carbonyl (C=O) groups is 1. The molecule has 1 aromatic carbocycles. The van der Waals surface area contributed by atoms with Crippen molar-refractivity contribution in [3.63, 3.8) is 0 Å². The monoisotopic (exact) mass is 299 g/mol. The van der Waals surface area contributed by atoms with Gasteiger partial charge < -0.3 is 14.8 Å². The maximum atomic E-state index is 11.8. The zero-order valence-corrected chi connectivity index (χ0v) is 12.6. The number of halogens is 1. The highest BCUT2D eigenvalue weighted by Gasteiger charge is 2.04. The molecule has 1 N–H and O–H groups in total. The zero-order chi connectivity index (χ0) is 14.6. The Morgan fingerprint density at radius 3 is 2.55 bits per heavy atom. The first-order valence-electron chi connectivity index (χ1n) is 6.77. The van der Waals surface area contributed by atoms with E-state index in [9.17, 15) is 4.79 Å². The molecule has 1 amide bonds. The van der Waals surface area contributed by atoms with E-state index in [1.165, 1.54) is 0 Å². The van der Waals surface area contributed by atoms with Crippen molar-refractivity contribution in [1.29, 1.82) is 0 Å². The highest BCUT2D eigenvalue weighted by atomic mass is 35.5. The minimum Gasteiger partial charge on any atom is -0.382 e. The van der Waals surface area contributed by atoms with Crippen molar-refractivity contribution in [2.24, 2.45) is 0 Å². The van der Waals surface area contributed by atoms with Crippen LogP contribution in [-0.2, 0) is 15.4 Å². The van der Waals surface area contributed by atoms with E-state index >= 15 is 0 Å². The zero-order valence-electron chi connectivity index (χ0n) is 11.9. The number of rotatable bonds is 10. The first-order chi connectivity index (χ1) is 9.77. The lowest BCUT2D eigenvalue weighted by Gasteiger charge is -2.06. The van der Waals surface area contributed by atoms with Gasteiger partial charge in [0.1, 0.15) is 0 Å². The van der Waals surface area contributed by atoms with Crippen LogP contribution in [0.5, 0.6) is 0 Å². The lowest BCUT2D eigenvalue weighted by molar-refractivity contribution is 0.0686. The van der Waals surface area contributed by atoms with E-state index in [1.54, 1.807) is 19.2 Å². The summed E-state index contributed by atoms with van der Waals surface area (Å²) in [7, 11) is 1.65. The maximum Gasteiger partial charge on any atom is 0.251 e. The predicted molar refractivity (Wildman–Crippen MR) is 80.3 cm³/mol.